The number of rotatable bonds is 4. The highest BCUT2D eigenvalue weighted by molar-refractivity contribution is 9.10. The van der Waals surface area contributed by atoms with Gasteiger partial charge in [0.2, 0.25) is 0 Å². The summed E-state index contributed by atoms with van der Waals surface area (Å²) < 4.78 is 6.65. The van der Waals surface area contributed by atoms with E-state index in [-0.39, 0.29) is 11.7 Å². The van der Waals surface area contributed by atoms with Gasteiger partial charge in [0.05, 0.1) is 13.3 Å². The fourth-order valence-corrected chi connectivity index (χ4v) is 2.39. The van der Waals surface area contributed by atoms with Crippen LogP contribution >= 0.6 is 31.9 Å². The molecule has 7 heteroatoms. The molecule has 2 rings (SSSR count). The molecule has 2 aromatic carbocycles. The molecule has 0 saturated carbocycles. The van der Waals surface area contributed by atoms with Crippen molar-refractivity contribution in [3.05, 3.63) is 56.5 Å². The lowest BCUT2D eigenvalue weighted by molar-refractivity contribution is 0.0955. The van der Waals surface area contributed by atoms with Crippen molar-refractivity contribution in [3.8, 4) is 11.5 Å². The van der Waals surface area contributed by atoms with Crippen LogP contribution in [0.3, 0.4) is 0 Å². The smallest absolute Gasteiger partial charge is 0.271 e. The van der Waals surface area contributed by atoms with Crippen LogP contribution in [0, 0.1) is 0 Å². The number of benzene rings is 2. The van der Waals surface area contributed by atoms with Crippen LogP contribution < -0.4 is 10.2 Å². The number of ether oxygens (including phenoxy) is 1. The van der Waals surface area contributed by atoms with Crippen molar-refractivity contribution < 1.29 is 14.6 Å². The summed E-state index contributed by atoms with van der Waals surface area (Å²) in [6.45, 7) is 0. The SMILES string of the molecule is COc1cc(Br)cc(/C=N/NC(=O)c2ccc(Br)cc2)c1O. The van der Waals surface area contributed by atoms with Crippen LogP contribution in [-0.4, -0.2) is 24.3 Å². The number of nitrogens with one attached hydrogen (secondary N) is 1. The lowest BCUT2D eigenvalue weighted by Gasteiger charge is -2.06. The lowest BCUT2D eigenvalue weighted by atomic mass is 10.2. The number of methoxy groups -OCH3 is 1. The van der Waals surface area contributed by atoms with Crippen LogP contribution in [0.15, 0.2) is 50.4 Å². The number of halogens is 2. The Kier molecular flexibility index (Phi) is 5.57. The zero-order chi connectivity index (χ0) is 16.1. The van der Waals surface area contributed by atoms with Gasteiger partial charge in [-0.1, -0.05) is 31.9 Å². The second-order valence-electron chi connectivity index (χ2n) is 4.25. The van der Waals surface area contributed by atoms with Gasteiger partial charge in [-0.15, -0.1) is 0 Å². The molecule has 5 nitrogen and oxygen atoms in total. The van der Waals surface area contributed by atoms with E-state index in [0.29, 0.717) is 16.9 Å². The van der Waals surface area contributed by atoms with Crippen molar-refractivity contribution in [2.75, 3.05) is 7.11 Å². The monoisotopic (exact) mass is 426 g/mol. The van der Waals surface area contributed by atoms with Crippen LogP contribution in [-0.2, 0) is 0 Å². The normalized spacial score (nSPS) is 10.7. The summed E-state index contributed by atoms with van der Waals surface area (Å²) in [4.78, 5) is 11.9. The van der Waals surface area contributed by atoms with Gasteiger partial charge < -0.3 is 9.84 Å². The molecule has 1 amide bonds. The molecule has 114 valence electrons. The molecule has 0 unspecified atom stereocenters. The maximum atomic E-state index is 11.9. The molecule has 0 aliphatic carbocycles. The second kappa shape index (κ2) is 7.42. The number of amides is 1. The number of carbonyl (C=O) groups excluding carboxylic acids is 1. The van der Waals surface area contributed by atoms with Gasteiger partial charge in [0.25, 0.3) is 5.91 Å². The minimum Gasteiger partial charge on any atom is -0.504 e. The first-order valence-corrected chi connectivity index (χ1v) is 7.75. The zero-order valence-electron chi connectivity index (χ0n) is 11.5. The van der Waals surface area contributed by atoms with E-state index in [1.54, 1.807) is 36.4 Å². The number of nitrogens with zero attached hydrogens (tertiary/aromatic N) is 1. The number of hydrogen-bond donors (Lipinski definition) is 2. The van der Waals surface area contributed by atoms with Gasteiger partial charge in [0.15, 0.2) is 11.5 Å². The van der Waals surface area contributed by atoms with Crippen molar-refractivity contribution in [3.63, 3.8) is 0 Å². The molecule has 0 heterocycles. The molecule has 0 saturated heterocycles. The molecule has 22 heavy (non-hydrogen) atoms. The summed E-state index contributed by atoms with van der Waals surface area (Å²) in [5.41, 5.74) is 3.30. The zero-order valence-corrected chi connectivity index (χ0v) is 14.7. The van der Waals surface area contributed by atoms with Crippen molar-refractivity contribution in [1.82, 2.24) is 5.43 Å². The van der Waals surface area contributed by atoms with Gasteiger partial charge in [-0.3, -0.25) is 4.79 Å². The molecule has 0 atom stereocenters. The Labute approximate surface area is 144 Å². The third kappa shape index (κ3) is 4.08. The van der Waals surface area contributed by atoms with E-state index in [1.165, 1.54) is 13.3 Å². The Bertz CT molecular complexity index is 715. The van der Waals surface area contributed by atoms with Gasteiger partial charge in [0.1, 0.15) is 0 Å². The summed E-state index contributed by atoms with van der Waals surface area (Å²) in [5.74, 6) is -0.0763. The van der Waals surface area contributed by atoms with Crippen LogP contribution in [0.5, 0.6) is 11.5 Å². The predicted octanol–water partition coefficient (Wildman–Crippen LogP) is 3.69. The highest BCUT2D eigenvalue weighted by Crippen LogP contribution is 2.32. The third-order valence-corrected chi connectivity index (χ3v) is 3.75. The van der Waals surface area contributed by atoms with E-state index in [0.717, 1.165) is 8.95 Å². The Morgan fingerprint density at radius 1 is 1.23 bits per heavy atom. The summed E-state index contributed by atoms with van der Waals surface area (Å²) in [6.07, 6.45) is 1.35. The van der Waals surface area contributed by atoms with Crippen LogP contribution in [0.25, 0.3) is 0 Å². The van der Waals surface area contributed by atoms with Crippen molar-refractivity contribution in [1.29, 1.82) is 0 Å². The first kappa shape index (κ1) is 16.5. The average molecular weight is 428 g/mol. The summed E-state index contributed by atoms with van der Waals surface area (Å²) in [6, 6.07) is 10.2. The number of phenols is 1. The Balaban J connectivity index is 2.11. The highest BCUT2D eigenvalue weighted by atomic mass is 79.9. The molecule has 0 fully saturated rings. The van der Waals surface area contributed by atoms with Crippen molar-refractivity contribution in [2.45, 2.75) is 0 Å². The third-order valence-electron chi connectivity index (χ3n) is 2.77. The Morgan fingerprint density at radius 3 is 2.55 bits per heavy atom. The second-order valence-corrected chi connectivity index (χ2v) is 6.08. The van der Waals surface area contributed by atoms with E-state index >= 15 is 0 Å². The van der Waals surface area contributed by atoms with E-state index in [2.05, 4.69) is 42.4 Å². The number of hydrogen-bond acceptors (Lipinski definition) is 4. The molecule has 2 aromatic rings. The van der Waals surface area contributed by atoms with E-state index in [4.69, 9.17) is 4.74 Å². The van der Waals surface area contributed by atoms with Gasteiger partial charge in [-0.05, 0) is 36.4 Å². The Morgan fingerprint density at radius 2 is 1.91 bits per heavy atom. The molecular formula is C15H12Br2N2O3. The molecule has 0 radical (unpaired) electrons. The van der Waals surface area contributed by atoms with E-state index in [1.807, 2.05) is 0 Å². The predicted molar refractivity (Wildman–Crippen MR) is 91.6 cm³/mol. The topological polar surface area (TPSA) is 70.9 Å². The average Bonchev–Trinajstić information content (AvgIpc) is 2.50. The number of phenolic OH excluding ortho intramolecular Hbond substituents is 1. The molecule has 0 bridgehead atoms. The fourth-order valence-electron chi connectivity index (χ4n) is 1.67. The van der Waals surface area contributed by atoms with E-state index in [9.17, 15) is 9.90 Å². The fraction of sp³-hybridized carbons (Fsp3) is 0.0667. The van der Waals surface area contributed by atoms with Crippen molar-refractivity contribution >= 4 is 44.0 Å². The molecular weight excluding hydrogens is 416 g/mol. The minimum atomic E-state index is -0.342. The van der Waals surface area contributed by atoms with Crippen LogP contribution in [0.4, 0.5) is 0 Å². The van der Waals surface area contributed by atoms with Crippen molar-refractivity contribution in [2.24, 2.45) is 5.10 Å². The lowest BCUT2D eigenvalue weighted by Crippen LogP contribution is -2.17. The summed E-state index contributed by atoms with van der Waals surface area (Å²) in [7, 11) is 1.46. The minimum absolute atomic E-state index is 0.0488. The standard InChI is InChI=1S/C15H12Br2N2O3/c1-22-13-7-12(17)6-10(14(13)20)8-18-19-15(21)9-2-4-11(16)5-3-9/h2-8,20H,1H3,(H,19,21)/b18-8+. The molecule has 0 aliphatic heterocycles. The van der Waals surface area contributed by atoms with Gasteiger partial charge >= 0.3 is 0 Å². The Hall–Kier alpha value is -1.86. The van der Waals surface area contributed by atoms with Gasteiger partial charge in [-0.25, -0.2) is 5.43 Å². The first-order chi connectivity index (χ1) is 10.5. The summed E-state index contributed by atoms with van der Waals surface area (Å²) in [5, 5.41) is 13.8. The molecule has 0 aromatic heterocycles. The largest absolute Gasteiger partial charge is 0.504 e. The van der Waals surface area contributed by atoms with E-state index < -0.39 is 0 Å². The van der Waals surface area contributed by atoms with Gasteiger partial charge in [0, 0.05) is 20.1 Å². The molecule has 0 spiro atoms. The van der Waals surface area contributed by atoms with Gasteiger partial charge in [-0.2, -0.15) is 5.10 Å². The molecule has 0 aliphatic rings. The highest BCUT2D eigenvalue weighted by Gasteiger charge is 2.08. The molecule has 2 N–H and O–H groups in total. The number of carbonyl (C=O) groups is 1. The van der Waals surface area contributed by atoms with Crippen LogP contribution in [0.2, 0.25) is 0 Å². The maximum absolute atomic E-state index is 11.9. The van der Waals surface area contributed by atoms with Crippen LogP contribution in [0.1, 0.15) is 15.9 Å². The summed E-state index contributed by atoms with van der Waals surface area (Å²) >= 11 is 6.61. The first-order valence-electron chi connectivity index (χ1n) is 6.16. The number of aromatic hydroxyl groups is 1. The number of hydrazone groups is 1. The quantitative estimate of drug-likeness (QED) is 0.577. The maximum Gasteiger partial charge on any atom is 0.271 e.